The summed E-state index contributed by atoms with van der Waals surface area (Å²) in [6.07, 6.45) is 0. The van der Waals surface area contributed by atoms with E-state index in [1.54, 1.807) is 17.0 Å². The number of anilines is 1. The smallest absolute Gasteiger partial charge is 0.318 e. The van der Waals surface area contributed by atoms with E-state index in [-0.39, 0.29) is 11.8 Å². The van der Waals surface area contributed by atoms with Crippen LogP contribution in [0.1, 0.15) is 36.0 Å². The zero-order valence-corrected chi connectivity index (χ0v) is 16.9. The lowest BCUT2D eigenvalue weighted by molar-refractivity contribution is 0.0744. The third-order valence-electron chi connectivity index (χ3n) is 4.67. The molecule has 1 fully saturated rings. The number of carbonyl (C=O) groups is 1. The van der Waals surface area contributed by atoms with Gasteiger partial charge in [0, 0.05) is 37.7 Å². The van der Waals surface area contributed by atoms with E-state index in [2.05, 4.69) is 10.2 Å². The quantitative estimate of drug-likeness (QED) is 0.741. The van der Waals surface area contributed by atoms with Crippen molar-refractivity contribution in [2.75, 3.05) is 52.4 Å². The summed E-state index contributed by atoms with van der Waals surface area (Å²) in [6.45, 7) is 6.35. The molecule has 3 rings (SSSR count). The first-order chi connectivity index (χ1) is 13.5. The molecule has 1 aromatic heterocycles. The second kappa shape index (κ2) is 8.37. The van der Waals surface area contributed by atoms with E-state index in [0.717, 1.165) is 0 Å². The number of methoxy groups -OCH3 is 3. The highest BCUT2D eigenvalue weighted by Crippen LogP contribution is 2.38. The van der Waals surface area contributed by atoms with Gasteiger partial charge in [0.25, 0.3) is 5.91 Å². The molecule has 1 aliphatic rings. The molecule has 9 heteroatoms. The number of rotatable bonds is 6. The second-order valence-electron chi connectivity index (χ2n) is 6.77. The predicted molar refractivity (Wildman–Crippen MR) is 103 cm³/mol. The Hall–Kier alpha value is -2.97. The molecule has 1 aromatic carbocycles. The zero-order valence-electron chi connectivity index (χ0n) is 16.9. The first-order valence-electron chi connectivity index (χ1n) is 9.16. The molecule has 0 atom stereocenters. The Morgan fingerprint density at radius 3 is 2.07 bits per heavy atom. The molecular formula is C19H26N4O5. The van der Waals surface area contributed by atoms with Crippen LogP contribution in [0.25, 0.3) is 0 Å². The summed E-state index contributed by atoms with van der Waals surface area (Å²) in [5.41, 5.74) is 0.489. The van der Waals surface area contributed by atoms with Crippen LogP contribution in [0.4, 0.5) is 6.01 Å². The monoisotopic (exact) mass is 390 g/mol. The Morgan fingerprint density at radius 2 is 1.61 bits per heavy atom. The SMILES string of the molecule is COc1cc(C(=O)N2CCN(c3nnc(C(C)C)o3)CC2)cc(OC)c1OC. The van der Waals surface area contributed by atoms with Gasteiger partial charge >= 0.3 is 6.01 Å². The number of aromatic nitrogens is 2. The van der Waals surface area contributed by atoms with E-state index < -0.39 is 0 Å². The first-order valence-corrected chi connectivity index (χ1v) is 9.16. The van der Waals surface area contributed by atoms with Gasteiger partial charge in [0.1, 0.15) is 0 Å². The Balaban J connectivity index is 1.71. The summed E-state index contributed by atoms with van der Waals surface area (Å²) in [7, 11) is 4.59. The average Bonchev–Trinajstić information content (AvgIpc) is 3.22. The number of ether oxygens (including phenoxy) is 3. The fourth-order valence-corrected chi connectivity index (χ4v) is 3.08. The summed E-state index contributed by atoms with van der Waals surface area (Å²) in [4.78, 5) is 16.8. The lowest BCUT2D eigenvalue weighted by Crippen LogP contribution is -2.49. The number of piperazine rings is 1. The number of hydrogen-bond donors (Lipinski definition) is 0. The maximum Gasteiger partial charge on any atom is 0.318 e. The summed E-state index contributed by atoms with van der Waals surface area (Å²) in [5, 5.41) is 8.18. The predicted octanol–water partition coefficient (Wildman–Crippen LogP) is 2.18. The summed E-state index contributed by atoms with van der Waals surface area (Å²) in [6, 6.07) is 3.84. The van der Waals surface area contributed by atoms with Crippen LogP contribution in [0.5, 0.6) is 17.2 Å². The number of hydrogen-bond acceptors (Lipinski definition) is 8. The van der Waals surface area contributed by atoms with Gasteiger partial charge < -0.3 is 28.4 Å². The molecule has 0 bridgehead atoms. The summed E-state index contributed by atoms with van der Waals surface area (Å²) in [5.74, 6) is 2.08. The summed E-state index contributed by atoms with van der Waals surface area (Å²) >= 11 is 0. The highest BCUT2D eigenvalue weighted by atomic mass is 16.5. The van der Waals surface area contributed by atoms with Crippen molar-refractivity contribution in [3.8, 4) is 17.2 Å². The van der Waals surface area contributed by atoms with Gasteiger partial charge in [-0.15, -0.1) is 5.10 Å². The third kappa shape index (κ3) is 3.83. The largest absolute Gasteiger partial charge is 0.493 e. The van der Waals surface area contributed by atoms with Gasteiger partial charge in [-0.25, -0.2) is 0 Å². The minimum absolute atomic E-state index is 0.0905. The van der Waals surface area contributed by atoms with Gasteiger partial charge in [-0.05, 0) is 12.1 Å². The topological polar surface area (TPSA) is 90.2 Å². The van der Waals surface area contributed by atoms with Crippen LogP contribution in [0.3, 0.4) is 0 Å². The van der Waals surface area contributed by atoms with Crippen molar-refractivity contribution in [2.24, 2.45) is 0 Å². The number of nitrogens with zero attached hydrogens (tertiary/aromatic N) is 4. The Kier molecular flexibility index (Phi) is 5.91. The minimum atomic E-state index is -0.0905. The van der Waals surface area contributed by atoms with Gasteiger partial charge in [-0.1, -0.05) is 18.9 Å². The van der Waals surface area contributed by atoms with E-state index in [1.165, 1.54) is 21.3 Å². The molecule has 0 saturated carbocycles. The fraction of sp³-hybridized carbons (Fsp3) is 0.526. The fourth-order valence-electron chi connectivity index (χ4n) is 3.08. The molecule has 0 radical (unpaired) electrons. The molecule has 9 nitrogen and oxygen atoms in total. The average molecular weight is 390 g/mol. The molecule has 0 aliphatic carbocycles. The van der Waals surface area contributed by atoms with E-state index >= 15 is 0 Å². The maximum absolute atomic E-state index is 13.0. The van der Waals surface area contributed by atoms with Crippen molar-refractivity contribution in [3.63, 3.8) is 0 Å². The van der Waals surface area contributed by atoms with Gasteiger partial charge in [-0.3, -0.25) is 4.79 Å². The standard InChI is InChI=1S/C19H26N4O5/c1-12(2)17-20-21-19(28-17)23-8-6-22(7-9-23)18(24)13-10-14(25-3)16(27-5)15(11-13)26-4/h10-12H,6-9H2,1-5H3. The van der Waals surface area contributed by atoms with Crippen LogP contribution >= 0.6 is 0 Å². The molecule has 0 unspecified atom stereocenters. The molecule has 2 heterocycles. The minimum Gasteiger partial charge on any atom is -0.493 e. The Labute approximate surface area is 164 Å². The third-order valence-corrected chi connectivity index (χ3v) is 4.67. The van der Waals surface area contributed by atoms with Gasteiger partial charge in [-0.2, -0.15) is 0 Å². The number of carbonyl (C=O) groups excluding carboxylic acids is 1. The van der Waals surface area contributed by atoms with Crippen molar-refractivity contribution in [3.05, 3.63) is 23.6 Å². The van der Waals surface area contributed by atoms with Crippen LogP contribution in [0.2, 0.25) is 0 Å². The molecular weight excluding hydrogens is 364 g/mol. The van der Waals surface area contributed by atoms with E-state index in [9.17, 15) is 4.79 Å². The first kappa shape index (κ1) is 19.8. The van der Waals surface area contributed by atoms with Gasteiger partial charge in [0.05, 0.1) is 21.3 Å². The van der Waals surface area contributed by atoms with Crippen LogP contribution in [-0.4, -0.2) is 68.5 Å². The lowest BCUT2D eigenvalue weighted by Gasteiger charge is -2.33. The van der Waals surface area contributed by atoms with Crippen LogP contribution < -0.4 is 19.1 Å². The van der Waals surface area contributed by atoms with Crippen molar-refractivity contribution >= 4 is 11.9 Å². The van der Waals surface area contributed by atoms with Crippen LogP contribution in [0.15, 0.2) is 16.5 Å². The Bertz CT molecular complexity index is 802. The van der Waals surface area contributed by atoms with Crippen molar-refractivity contribution < 1.29 is 23.4 Å². The molecule has 1 saturated heterocycles. The van der Waals surface area contributed by atoms with E-state index in [1.807, 2.05) is 18.7 Å². The molecule has 1 aliphatic heterocycles. The Morgan fingerprint density at radius 1 is 1.00 bits per heavy atom. The maximum atomic E-state index is 13.0. The lowest BCUT2D eigenvalue weighted by atomic mass is 10.1. The normalized spacial score (nSPS) is 14.4. The number of benzene rings is 1. The van der Waals surface area contributed by atoms with Gasteiger partial charge in [0.2, 0.25) is 11.6 Å². The highest BCUT2D eigenvalue weighted by molar-refractivity contribution is 5.95. The zero-order chi connectivity index (χ0) is 20.3. The molecule has 28 heavy (non-hydrogen) atoms. The van der Waals surface area contributed by atoms with Crippen molar-refractivity contribution in [1.82, 2.24) is 15.1 Å². The molecule has 0 N–H and O–H groups in total. The molecule has 0 spiro atoms. The molecule has 152 valence electrons. The van der Waals surface area contributed by atoms with Crippen LogP contribution in [0, 0.1) is 0 Å². The number of amides is 1. The van der Waals surface area contributed by atoms with Crippen molar-refractivity contribution in [2.45, 2.75) is 19.8 Å². The van der Waals surface area contributed by atoms with Crippen LogP contribution in [-0.2, 0) is 0 Å². The highest BCUT2D eigenvalue weighted by Gasteiger charge is 2.27. The molecule has 2 aromatic rings. The van der Waals surface area contributed by atoms with Crippen molar-refractivity contribution in [1.29, 1.82) is 0 Å². The second-order valence-corrected chi connectivity index (χ2v) is 6.77. The summed E-state index contributed by atoms with van der Waals surface area (Å²) < 4.78 is 21.7. The molecule has 1 amide bonds. The van der Waals surface area contributed by atoms with E-state index in [4.69, 9.17) is 18.6 Å². The van der Waals surface area contributed by atoms with E-state index in [0.29, 0.717) is 60.9 Å². The van der Waals surface area contributed by atoms with Gasteiger partial charge in [0.15, 0.2) is 11.5 Å².